The number of rotatable bonds is 6. The zero-order valence-electron chi connectivity index (χ0n) is 17.5. The fourth-order valence-corrected chi connectivity index (χ4v) is 3.93. The van der Waals surface area contributed by atoms with Crippen molar-refractivity contribution in [3.05, 3.63) is 64.2 Å². The molecule has 3 aromatic rings. The standard InChI is InChI=1S/C23H27N5O3/c1-15-4-3-12-28(22(15)31)13-11-24-21(30)19-6-2-5-16-14-25-23(27-20(16)19)26-17-7-9-18(29)10-8-17/h2-6,12,14,17-18,29H,7-11,13H2,1H3,(H,24,30)(H,25,26,27)/t17-,18-. The number of pyridine rings is 1. The van der Waals surface area contributed by atoms with E-state index in [-0.39, 0.29) is 23.6 Å². The Hall–Kier alpha value is -3.26. The summed E-state index contributed by atoms with van der Waals surface area (Å²) in [6.45, 7) is 2.50. The SMILES string of the molecule is Cc1cccn(CCNC(=O)c2cccc3cnc(N[C@H]4CC[C@H](O)CC4)nc23)c1=O. The normalized spacial score (nSPS) is 18.6. The summed E-state index contributed by atoms with van der Waals surface area (Å²) in [5.41, 5.74) is 1.67. The minimum atomic E-state index is -0.239. The van der Waals surface area contributed by atoms with Crippen molar-refractivity contribution >= 4 is 22.8 Å². The Bertz CT molecular complexity index is 1140. The number of aromatic nitrogens is 3. The molecule has 4 rings (SSSR count). The lowest BCUT2D eigenvalue weighted by molar-refractivity contribution is 0.0953. The van der Waals surface area contributed by atoms with Crippen molar-refractivity contribution in [2.24, 2.45) is 0 Å². The highest BCUT2D eigenvalue weighted by Crippen LogP contribution is 2.22. The molecule has 8 nitrogen and oxygen atoms in total. The second-order valence-corrected chi connectivity index (χ2v) is 8.03. The molecule has 1 fully saturated rings. The Labute approximate surface area is 180 Å². The van der Waals surface area contributed by atoms with Gasteiger partial charge in [0.25, 0.3) is 11.5 Å². The molecule has 162 valence electrons. The molecule has 0 spiro atoms. The number of amides is 1. The van der Waals surface area contributed by atoms with Gasteiger partial charge in [-0.15, -0.1) is 0 Å². The van der Waals surface area contributed by atoms with Gasteiger partial charge in [0.1, 0.15) is 0 Å². The Balaban J connectivity index is 1.46. The molecular weight excluding hydrogens is 394 g/mol. The van der Waals surface area contributed by atoms with E-state index in [2.05, 4.69) is 20.6 Å². The van der Waals surface area contributed by atoms with E-state index >= 15 is 0 Å². The largest absolute Gasteiger partial charge is 0.393 e. The van der Waals surface area contributed by atoms with Gasteiger partial charge in [0.05, 0.1) is 17.2 Å². The first-order valence-electron chi connectivity index (χ1n) is 10.7. The van der Waals surface area contributed by atoms with Gasteiger partial charge in [-0.2, -0.15) is 0 Å². The average Bonchev–Trinajstić information content (AvgIpc) is 2.77. The lowest BCUT2D eigenvalue weighted by Gasteiger charge is -2.26. The highest BCUT2D eigenvalue weighted by atomic mass is 16.3. The maximum absolute atomic E-state index is 12.8. The van der Waals surface area contributed by atoms with Gasteiger partial charge in [0, 0.05) is 42.5 Å². The fourth-order valence-electron chi connectivity index (χ4n) is 3.93. The number of nitrogens with one attached hydrogen (secondary N) is 2. The number of nitrogens with zero attached hydrogens (tertiary/aromatic N) is 3. The van der Waals surface area contributed by atoms with E-state index in [0.717, 1.165) is 31.1 Å². The number of carbonyl (C=O) groups is 1. The zero-order chi connectivity index (χ0) is 21.8. The van der Waals surface area contributed by atoms with Crippen LogP contribution in [0.4, 0.5) is 5.95 Å². The topological polar surface area (TPSA) is 109 Å². The van der Waals surface area contributed by atoms with Crippen molar-refractivity contribution in [3.8, 4) is 0 Å². The Morgan fingerprint density at radius 1 is 1.19 bits per heavy atom. The smallest absolute Gasteiger partial charge is 0.253 e. The third-order valence-corrected chi connectivity index (χ3v) is 5.73. The minimum Gasteiger partial charge on any atom is -0.393 e. The maximum atomic E-state index is 12.8. The Kier molecular flexibility index (Phi) is 6.27. The second-order valence-electron chi connectivity index (χ2n) is 8.03. The number of carbonyl (C=O) groups excluding carboxylic acids is 1. The first-order valence-corrected chi connectivity index (χ1v) is 10.7. The van der Waals surface area contributed by atoms with E-state index in [1.165, 1.54) is 0 Å². The third-order valence-electron chi connectivity index (χ3n) is 5.73. The zero-order valence-corrected chi connectivity index (χ0v) is 17.5. The molecule has 2 aromatic heterocycles. The molecule has 0 atom stereocenters. The Morgan fingerprint density at radius 2 is 2.00 bits per heavy atom. The number of benzene rings is 1. The van der Waals surface area contributed by atoms with Crippen LogP contribution < -0.4 is 16.2 Å². The summed E-state index contributed by atoms with van der Waals surface area (Å²) in [5.74, 6) is 0.247. The van der Waals surface area contributed by atoms with Crippen molar-refractivity contribution in [3.63, 3.8) is 0 Å². The summed E-state index contributed by atoms with van der Waals surface area (Å²) in [6, 6.07) is 9.23. The van der Waals surface area contributed by atoms with E-state index in [1.807, 2.05) is 12.1 Å². The number of hydrogen-bond donors (Lipinski definition) is 3. The third kappa shape index (κ3) is 4.91. The number of para-hydroxylation sites is 1. The predicted octanol–water partition coefficient (Wildman–Crippen LogP) is 2.25. The highest BCUT2D eigenvalue weighted by Gasteiger charge is 2.20. The van der Waals surface area contributed by atoms with Gasteiger partial charge in [0.15, 0.2) is 0 Å². The number of aliphatic hydroxyl groups excluding tert-OH is 1. The summed E-state index contributed by atoms with van der Waals surface area (Å²) >= 11 is 0. The molecule has 0 radical (unpaired) electrons. The van der Waals surface area contributed by atoms with Crippen LogP contribution in [0.25, 0.3) is 10.9 Å². The monoisotopic (exact) mass is 421 g/mol. The van der Waals surface area contributed by atoms with Gasteiger partial charge in [-0.3, -0.25) is 9.59 Å². The number of anilines is 1. The van der Waals surface area contributed by atoms with E-state index in [4.69, 9.17) is 0 Å². The van der Waals surface area contributed by atoms with Crippen molar-refractivity contribution in [1.82, 2.24) is 19.9 Å². The highest BCUT2D eigenvalue weighted by molar-refractivity contribution is 6.05. The summed E-state index contributed by atoms with van der Waals surface area (Å²) in [6.07, 6.45) is 6.47. The summed E-state index contributed by atoms with van der Waals surface area (Å²) < 4.78 is 1.59. The second kappa shape index (κ2) is 9.26. The quantitative estimate of drug-likeness (QED) is 0.563. The van der Waals surface area contributed by atoms with Crippen LogP contribution in [0, 0.1) is 6.92 Å². The average molecular weight is 422 g/mol. The van der Waals surface area contributed by atoms with Crippen LogP contribution in [-0.2, 0) is 6.54 Å². The molecule has 1 aromatic carbocycles. The molecule has 1 amide bonds. The first kappa shape index (κ1) is 21.0. The van der Waals surface area contributed by atoms with Gasteiger partial charge in [-0.25, -0.2) is 9.97 Å². The van der Waals surface area contributed by atoms with Crippen LogP contribution in [0.1, 0.15) is 41.6 Å². The van der Waals surface area contributed by atoms with Crippen LogP contribution in [0.2, 0.25) is 0 Å². The molecule has 3 N–H and O–H groups in total. The van der Waals surface area contributed by atoms with Crippen LogP contribution in [0.3, 0.4) is 0 Å². The summed E-state index contributed by atoms with van der Waals surface area (Å²) in [4.78, 5) is 33.9. The van der Waals surface area contributed by atoms with Crippen molar-refractivity contribution in [2.75, 3.05) is 11.9 Å². The van der Waals surface area contributed by atoms with Crippen molar-refractivity contribution < 1.29 is 9.90 Å². The van der Waals surface area contributed by atoms with E-state index in [9.17, 15) is 14.7 Å². The lowest BCUT2D eigenvalue weighted by atomic mass is 9.93. The number of fused-ring (bicyclic) bond motifs is 1. The molecule has 0 bridgehead atoms. The van der Waals surface area contributed by atoms with Crippen LogP contribution in [0.15, 0.2) is 47.5 Å². The summed E-state index contributed by atoms with van der Waals surface area (Å²) in [7, 11) is 0. The van der Waals surface area contributed by atoms with Crippen molar-refractivity contribution in [1.29, 1.82) is 0 Å². The molecule has 0 aliphatic heterocycles. The predicted molar refractivity (Wildman–Crippen MR) is 119 cm³/mol. The summed E-state index contributed by atoms with van der Waals surface area (Å²) in [5, 5.41) is 16.7. The van der Waals surface area contributed by atoms with Crippen LogP contribution in [-0.4, -0.2) is 44.2 Å². The molecule has 31 heavy (non-hydrogen) atoms. The van der Waals surface area contributed by atoms with Gasteiger partial charge in [-0.05, 0) is 44.7 Å². The first-order chi connectivity index (χ1) is 15.0. The number of aryl methyl sites for hydroxylation is 1. The van der Waals surface area contributed by atoms with Crippen LogP contribution in [0.5, 0.6) is 0 Å². The minimum absolute atomic E-state index is 0.0550. The Morgan fingerprint density at radius 3 is 2.81 bits per heavy atom. The fraction of sp³-hybridized carbons (Fsp3) is 0.391. The maximum Gasteiger partial charge on any atom is 0.253 e. The molecule has 1 saturated carbocycles. The van der Waals surface area contributed by atoms with Gasteiger partial charge in [-0.1, -0.05) is 18.2 Å². The van der Waals surface area contributed by atoms with E-state index in [0.29, 0.717) is 35.7 Å². The molecule has 0 saturated heterocycles. The van der Waals surface area contributed by atoms with Gasteiger partial charge >= 0.3 is 0 Å². The molecule has 2 heterocycles. The van der Waals surface area contributed by atoms with Gasteiger partial charge < -0.3 is 20.3 Å². The van der Waals surface area contributed by atoms with Crippen molar-refractivity contribution in [2.45, 2.75) is 51.3 Å². The molecule has 1 aliphatic carbocycles. The van der Waals surface area contributed by atoms with E-state index in [1.54, 1.807) is 42.1 Å². The van der Waals surface area contributed by atoms with Gasteiger partial charge in [0.2, 0.25) is 5.95 Å². The van der Waals surface area contributed by atoms with E-state index < -0.39 is 0 Å². The lowest BCUT2D eigenvalue weighted by Crippen LogP contribution is -2.31. The van der Waals surface area contributed by atoms with Crippen LogP contribution >= 0.6 is 0 Å². The molecular formula is C23H27N5O3. The number of hydrogen-bond acceptors (Lipinski definition) is 6. The molecule has 1 aliphatic rings. The molecule has 0 unspecified atom stereocenters. The number of aliphatic hydroxyl groups is 1. The molecule has 8 heteroatoms.